The van der Waals surface area contributed by atoms with Gasteiger partial charge in [-0.1, -0.05) is 11.6 Å². The number of hydrogen-bond acceptors (Lipinski definition) is 4. The normalized spacial score (nSPS) is 12.7. The topological polar surface area (TPSA) is 75.7 Å². The Morgan fingerprint density at radius 1 is 1.45 bits per heavy atom. The minimum atomic E-state index is -3.69. The maximum absolute atomic E-state index is 12.0. The van der Waals surface area contributed by atoms with E-state index in [1.54, 1.807) is 12.1 Å². The summed E-state index contributed by atoms with van der Waals surface area (Å²) in [5.74, 6) is -0.118. The van der Waals surface area contributed by atoms with Crippen LogP contribution in [-0.2, 0) is 14.8 Å². The molecule has 0 aliphatic heterocycles. The minimum Gasteiger partial charge on any atom is -0.495 e. The Balaban J connectivity index is 3.47. The van der Waals surface area contributed by atoms with Crippen LogP contribution in [0, 0.1) is 0 Å². The van der Waals surface area contributed by atoms with Gasteiger partial charge in [0.15, 0.2) is 0 Å². The van der Waals surface area contributed by atoms with Crippen molar-refractivity contribution in [2.75, 3.05) is 24.7 Å². The highest BCUT2D eigenvalue weighted by Gasteiger charge is 2.30. The SMILES string of the molecule is CNC(=O)[C@H](C)N(c1cc(Cl)ccc1OC)S(C)(=O)=O. The number of methoxy groups -OCH3 is 1. The molecule has 1 rings (SSSR count). The Kier molecular flexibility index (Phi) is 5.24. The van der Waals surface area contributed by atoms with Crippen LogP contribution in [0.4, 0.5) is 5.69 Å². The van der Waals surface area contributed by atoms with E-state index in [-0.39, 0.29) is 5.69 Å². The molecule has 0 radical (unpaired) electrons. The van der Waals surface area contributed by atoms with E-state index in [0.717, 1.165) is 10.6 Å². The Labute approximate surface area is 123 Å². The maximum atomic E-state index is 12.0. The summed E-state index contributed by atoms with van der Waals surface area (Å²) in [5.41, 5.74) is 0.221. The first-order valence-electron chi connectivity index (χ1n) is 5.77. The largest absolute Gasteiger partial charge is 0.495 e. The van der Waals surface area contributed by atoms with Crippen LogP contribution in [0.2, 0.25) is 5.02 Å². The highest BCUT2D eigenvalue weighted by Crippen LogP contribution is 2.34. The van der Waals surface area contributed by atoms with Gasteiger partial charge in [-0.2, -0.15) is 0 Å². The molecule has 0 saturated heterocycles. The van der Waals surface area contributed by atoms with Gasteiger partial charge in [0.1, 0.15) is 11.8 Å². The van der Waals surface area contributed by atoms with Crippen molar-refractivity contribution in [3.8, 4) is 5.75 Å². The van der Waals surface area contributed by atoms with E-state index in [9.17, 15) is 13.2 Å². The van der Waals surface area contributed by atoms with E-state index in [1.165, 1.54) is 27.1 Å². The van der Waals surface area contributed by atoms with E-state index in [2.05, 4.69) is 5.32 Å². The van der Waals surface area contributed by atoms with Crippen molar-refractivity contribution in [3.63, 3.8) is 0 Å². The van der Waals surface area contributed by atoms with Gasteiger partial charge in [-0.05, 0) is 25.1 Å². The molecule has 0 unspecified atom stereocenters. The van der Waals surface area contributed by atoms with Crippen molar-refractivity contribution < 1.29 is 17.9 Å². The van der Waals surface area contributed by atoms with Crippen molar-refractivity contribution in [1.82, 2.24) is 5.32 Å². The molecule has 20 heavy (non-hydrogen) atoms. The fourth-order valence-electron chi connectivity index (χ4n) is 1.83. The summed E-state index contributed by atoms with van der Waals surface area (Å²) >= 11 is 5.91. The molecule has 1 N–H and O–H groups in total. The van der Waals surface area contributed by atoms with Gasteiger partial charge >= 0.3 is 0 Å². The summed E-state index contributed by atoms with van der Waals surface area (Å²) in [6, 6.07) is 3.64. The third kappa shape index (κ3) is 3.55. The lowest BCUT2D eigenvalue weighted by Crippen LogP contribution is -2.47. The third-order valence-corrected chi connectivity index (χ3v) is 4.18. The fraction of sp³-hybridized carbons (Fsp3) is 0.417. The number of halogens is 1. The molecule has 112 valence electrons. The number of nitrogens with zero attached hydrogens (tertiary/aromatic N) is 1. The maximum Gasteiger partial charge on any atom is 0.243 e. The number of likely N-dealkylation sites (N-methyl/N-ethyl adjacent to an activating group) is 1. The molecule has 0 spiro atoms. The quantitative estimate of drug-likeness (QED) is 0.886. The second-order valence-corrected chi connectivity index (χ2v) is 6.46. The lowest BCUT2D eigenvalue weighted by Gasteiger charge is -2.29. The summed E-state index contributed by atoms with van der Waals surface area (Å²) in [6.45, 7) is 1.49. The van der Waals surface area contributed by atoms with Crippen LogP contribution in [0.25, 0.3) is 0 Å². The van der Waals surface area contributed by atoms with E-state index >= 15 is 0 Å². The highest BCUT2D eigenvalue weighted by atomic mass is 35.5. The molecule has 1 atom stereocenters. The second-order valence-electron chi connectivity index (χ2n) is 4.17. The van der Waals surface area contributed by atoms with Gasteiger partial charge in [0, 0.05) is 12.1 Å². The van der Waals surface area contributed by atoms with Crippen LogP contribution in [0.3, 0.4) is 0 Å². The standard InChI is InChI=1S/C12H17ClN2O4S/c1-8(12(16)14-2)15(20(4,17)18)10-7-9(13)5-6-11(10)19-3/h5-8H,1-4H3,(H,14,16)/t8-/m0/s1. The molecule has 0 saturated carbocycles. The lowest BCUT2D eigenvalue weighted by atomic mass is 10.2. The predicted octanol–water partition coefficient (Wildman–Crippen LogP) is 1.25. The number of benzene rings is 1. The number of carbonyl (C=O) groups is 1. The molecule has 1 aromatic rings. The zero-order valence-electron chi connectivity index (χ0n) is 11.7. The monoisotopic (exact) mass is 320 g/mol. The minimum absolute atomic E-state index is 0.221. The molecule has 1 amide bonds. The van der Waals surface area contributed by atoms with Gasteiger partial charge in [-0.25, -0.2) is 8.42 Å². The van der Waals surface area contributed by atoms with Gasteiger partial charge < -0.3 is 10.1 Å². The fourth-order valence-corrected chi connectivity index (χ4v) is 3.16. The number of sulfonamides is 1. The molecular formula is C12H17ClN2O4S. The smallest absolute Gasteiger partial charge is 0.243 e. The van der Waals surface area contributed by atoms with Gasteiger partial charge in [-0.3, -0.25) is 9.10 Å². The van der Waals surface area contributed by atoms with Crippen molar-refractivity contribution in [1.29, 1.82) is 0 Å². The van der Waals surface area contributed by atoms with Crippen LogP contribution in [0.15, 0.2) is 18.2 Å². The zero-order chi connectivity index (χ0) is 15.5. The molecule has 0 heterocycles. The summed E-state index contributed by atoms with van der Waals surface area (Å²) in [5, 5.41) is 2.77. The van der Waals surface area contributed by atoms with Crippen molar-refractivity contribution in [2.45, 2.75) is 13.0 Å². The Morgan fingerprint density at radius 2 is 2.05 bits per heavy atom. The summed E-state index contributed by atoms with van der Waals surface area (Å²) in [4.78, 5) is 11.8. The number of rotatable bonds is 5. The number of nitrogens with one attached hydrogen (secondary N) is 1. The molecule has 0 fully saturated rings. The summed E-state index contributed by atoms with van der Waals surface area (Å²) in [6.07, 6.45) is 1.02. The molecule has 8 heteroatoms. The zero-order valence-corrected chi connectivity index (χ0v) is 13.2. The van der Waals surface area contributed by atoms with Gasteiger partial charge in [0.2, 0.25) is 15.9 Å². The van der Waals surface area contributed by atoms with Gasteiger partial charge in [-0.15, -0.1) is 0 Å². The van der Waals surface area contributed by atoms with Crippen molar-refractivity contribution in [2.24, 2.45) is 0 Å². The predicted molar refractivity (Wildman–Crippen MR) is 78.9 cm³/mol. The average molecular weight is 321 g/mol. The van der Waals surface area contributed by atoms with Gasteiger partial charge in [0.25, 0.3) is 0 Å². The molecule has 0 aliphatic carbocycles. The van der Waals surface area contributed by atoms with Crippen LogP contribution in [-0.4, -0.2) is 40.8 Å². The number of hydrogen-bond donors (Lipinski definition) is 1. The first-order chi connectivity index (χ1) is 9.22. The number of carbonyl (C=O) groups excluding carboxylic acids is 1. The Hall–Kier alpha value is -1.47. The first kappa shape index (κ1) is 16.6. The average Bonchev–Trinajstić information content (AvgIpc) is 2.36. The van der Waals surface area contributed by atoms with Crippen LogP contribution >= 0.6 is 11.6 Å². The van der Waals surface area contributed by atoms with Crippen molar-refractivity contribution >= 4 is 33.2 Å². The third-order valence-electron chi connectivity index (χ3n) is 2.71. The first-order valence-corrected chi connectivity index (χ1v) is 7.99. The molecule has 0 aromatic heterocycles. The number of anilines is 1. The van der Waals surface area contributed by atoms with Crippen LogP contribution in [0.5, 0.6) is 5.75 Å². The Morgan fingerprint density at radius 3 is 2.50 bits per heavy atom. The Bertz CT molecular complexity index is 603. The lowest BCUT2D eigenvalue weighted by molar-refractivity contribution is -0.121. The highest BCUT2D eigenvalue weighted by molar-refractivity contribution is 7.92. The van der Waals surface area contributed by atoms with E-state index in [0.29, 0.717) is 10.8 Å². The summed E-state index contributed by atoms with van der Waals surface area (Å²) < 4.78 is 30.2. The molecular weight excluding hydrogens is 304 g/mol. The second kappa shape index (κ2) is 6.32. The van der Waals surface area contributed by atoms with E-state index in [4.69, 9.17) is 16.3 Å². The number of amides is 1. The van der Waals surface area contributed by atoms with E-state index < -0.39 is 22.0 Å². The van der Waals surface area contributed by atoms with Crippen LogP contribution in [0.1, 0.15) is 6.92 Å². The van der Waals surface area contributed by atoms with Crippen molar-refractivity contribution in [3.05, 3.63) is 23.2 Å². The molecule has 0 aliphatic rings. The van der Waals surface area contributed by atoms with Crippen LogP contribution < -0.4 is 14.4 Å². The summed E-state index contributed by atoms with van der Waals surface area (Å²) in [7, 11) is -0.834. The molecule has 0 bridgehead atoms. The van der Waals surface area contributed by atoms with Gasteiger partial charge in [0.05, 0.1) is 19.1 Å². The number of ether oxygens (including phenoxy) is 1. The molecule has 1 aromatic carbocycles. The molecule has 6 nitrogen and oxygen atoms in total. The van der Waals surface area contributed by atoms with E-state index in [1.807, 2.05) is 0 Å².